The second kappa shape index (κ2) is 5.57. The first-order valence-corrected chi connectivity index (χ1v) is 6.53. The van der Waals surface area contributed by atoms with Crippen molar-refractivity contribution in [2.75, 3.05) is 0 Å². The van der Waals surface area contributed by atoms with Crippen LogP contribution in [0.4, 0.5) is 5.69 Å². The molecule has 0 aliphatic heterocycles. The van der Waals surface area contributed by atoms with Gasteiger partial charge in [-0.3, -0.25) is 10.1 Å². The van der Waals surface area contributed by atoms with Crippen molar-refractivity contribution in [2.24, 2.45) is 0 Å². The van der Waals surface area contributed by atoms with Crippen LogP contribution in [-0.4, -0.2) is 18.6 Å². The zero-order chi connectivity index (χ0) is 13.8. The minimum atomic E-state index is -3.68. The van der Waals surface area contributed by atoms with Gasteiger partial charge in [-0.25, -0.2) is 13.1 Å². The van der Waals surface area contributed by atoms with Gasteiger partial charge in [-0.15, -0.1) is 0 Å². The molecule has 18 heavy (non-hydrogen) atoms. The summed E-state index contributed by atoms with van der Waals surface area (Å²) in [5.74, 6) is 0. The maximum absolute atomic E-state index is 11.5. The van der Waals surface area contributed by atoms with E-state index in [1.165, 1.54) is 31.2 Å². The Bertz CT molecular complexity index is 574. The Morgan fingerprint density at radius 2 is 2.00 bits per heavy atom. The van der Waals surface area contributed by atoms with Crippen LogP contribution in [-0.2, 0) is 16.6 Å². The number of non-ortho nitro benzene ring substituents is 1. The van der Waals surface area contributed by atoms with Crippen molar-refractivity contribution >= 4 is 15.7 Å². The van der Waals surface area contributed by atoms with Crippen LogP contribution in [0.3, 0.4) is 0 Å². The van der Waals surface area contributed by atoms with E-state index in [2.05, 4.69) is 4.72 Å². The van der Waals surface area contributed by atoms with E-state index in [4.69, 9.17) is 5.26 Å². The fourth-order valence-electron chi connectivity index (χ4n) is 1.11. The summed E-state index contributed by atoms with van der Waals surface area (Å²) in [5, 5.41) is 17.8. The highest BCUT2D eigenvalue weighted by molar-refractivity contribution is 7.90. The van der Waals surface area contributed by atoms with Crippen molar-refractivity contribution in [1.82, 2.24) is 4.72 Å². The summed E-state index contributed by atoms with van der Waals surface area (Å²) in [5.41, 5.74) is 0.515. The van der Waals surface area contributed by atoms with Gasteiger partial charge in [0.05, 0.1) is 11.0 Å². The third kappa shape index (κ3) is 3.51. The van der Waals surface area contributed by atoms with Crippen LogP contribution in [0.2, 0.25) is 0 Å². The predicted octanol–water partition coefficient (Wildman–Crippen LogP) is 0.926. The molecule has 0 aromatic heterocycles. The van der Waals surface area contributed by atoms with Gasteiger partial charge in [0.15, 0.2) is 5.25 Å². The first-order valence-electron chi connectivity index (χ1n) is 4.98. The zero-order valence-electron chi connectivity index (χ0n) is 9.53. The Morgan fingerprint density at radius 1 is 1.44 bits per heavy atom. The number of nitriles is 1. The maximum Gasteiger partial charge on any atom is 0.269 e. The van der Waals surface area contributed by atoms with Crippen LogP contribution in [0.15, 0.2) is 24.3 Å². The van der Waals surface area contributed by atoms with Crippen molar-refractivity contribution in [2.45, 2.75) is 18.7 Å². The monoisotopic (exact) mass is 269 g/mol. The molecular weight excluding hydrogens is 258 g/mol. The van der Waals surface area contributed by atoms with Crippen molar-refractivity contribution in [3.05, 3.63) is 39.9 Å². The highest BCUT2D eigenvalue weighted by Crippen LogP contribution is 2.12. The number of nitro benzene ring substituents is 1. The largest absolute Gasteiger partial charge is 0.269 e. The van der Waals surface area contributed by atoms with E-state index in [0.29, 0.717) is 5.56 Å². The summed E-state index contributed by atoms with van der Waals surface area (Å²) >= 11 is 0. The van der Waals surface area contributed by atoms with Gasteiger partial charge in [0.2, 0.25) is 10.0 Å². The number of hydrogen-bond donors (Lipinski definition) is 1. The molecule has 0 heterocycles. The number of rotatable bonds is 5. The Morgan fingerprint density at radius 3 is 2.44 bits per heavy atom. The summed E-state index contributed by atoms with van der Waals surface area (Å²) in [6.45, 7) is 1.27. The van der Waals surface area contributed by atoms with Crippen molar-refractivity contribution in [3.63, 3.8) is 0 Å². The molecule has 0 aliphatic rings. The Hall–Kier alpha value is -1.98. The number of nitrogens with zero attached hydrogens (tertiary/aromatic N) is 2. The summed E-state index contributed by atoms with van der Waals surface area (Å²) in [6.07, 6.45) is 0. The van der Waals surface area contributed by atoms with Crippen LogP contribution in [0.25, 0.3) is 0 Å². The molecule has 1 aromatic carbocycles. The van der Waals surface area contributed by atoms with E-state index in [0.717, 1.165) is 0 Å². The third-order valence-electron chi connectivity index (χ3n) is 2.27. The molecule has 1 N–H and O–H groups in total. The SMILES string of the molecule is CC(C#N)S(=O)(=O)NCc1ccc([N+](=O)[O-])cc1. The van der Waals surface area contributed by atoms with Gasteiger partial charge in [-0.1, -0.05) is 12.1 Å². The molecule has 0 spiro atoms. The molecule has 1 unspecified atom stereocenters. The minimum absolute atomic E-state index is 0.00759. The topological polar surface area (TPSA) is 113 Å². The summed E-state index contributed by atoms with van der Waals surface area (Å²) in [7, 11) is -3.68. The standard InChI is InChI=1S/C10H11N3O4S/c1-8(6-11)18(16,17)12-7-9-2-4-10(5-3-9)13(14)15/h2-5,8,12H,7H2,1H3. The molecule has 8 heteroatoms. The second-order valence-corrected chi connectivity index (χ2v) is 5.65. The Labute approximate surface area is 104 Å². The van der Waals surface area contributed by atoms with Crippen molar-refractivity contribution in [1.29, 1.82) is 5.26 Å². The van der Waals surface area contributed by atoms with Gasteiger partial charge in [0.1, 0.15) is 0 Å². The minimum Gasteiger partial charge on any atom is -0.258 e. The quantitative estimate of drug-likeness (QED) is 0.630. The molecule has 96 valence electrons. The predicted molar refractivity (Wildman–Crippen MR) is 63.9 cm³/mol. The maximum atomic E-state index is 11.5. The number of hydrogen-bond acceptors (Lipinski definition) is 5. The van der Waals surface area contributed by atoms with Crippen LogP contribution in [0.1, 0.15) is 12.5 Å². The molecule has 0 aliphatic carbocycles. The average Bonchev–Trinajstić information content (AvgIpc) is 2.35. The van der Waals surface area contributed by atoms with Crippen molar-refractivity contribution in [3.8, 4) is 6.07 Å². The number of nitrogens with one attached hydrogen (secondary N) is 1. The third-order valence-corrected chi connectivity index (χ3v) is 3.85. The van der Waals surface area contributed by atoms with Gasteiger partial charge >= 0.3 is 0 Å². The molecule has 0 amide bonds. The van der Waals surface area contributed by atoms with Crippen LogP contribution < -0.4 is 4.72 Å². The molecule has 0 radical (unpaired) electrons. The summed E-state index contributed by atoms with van der Waals surface area (Å²) in [6, 6.07) is 7.12. The Balaban J connectivity index is 2.71. The number of nitro groups is 1. The first-order chi connectivity index (χ1) is 8.36. The van der Waals surface area contributed by atoms with Crippen molar-refractivity contribution < 1.29 is 13.3 Å². The average molecular weight is 269 g/mol. The lowest BCUT2D eigenvalue weighted by atomic mass is 10.2. The molecule has 0 fully saturated rings. The van der Waals surface area contributed by atoms with Crippen LogP contribution in [0.5, 0.6) is 0 Å². The van der Waals surface area contributed by atoms with E-state index >= 15 is 0 Å². The molecule has 1 rings (SSSR count). The van der Waals surface area contributed by atoms with Crippen LogP contribution >= 0.6 is 0 Å². The second-order valence-electron chi connectivity index (χ2n) is 3.56. The lowest BCUT2D eigenvalue weighted by Crippen LogP contribution is -2.31. The van der Waals surface area contributed by atoms with Gasteiger partial charge in [-0.2, -0.15) is 5.26 Å². The van der Waals surface area contributed by atoms with E-state index in [1.54, 1.807) is 6.07 Å². The molecule has 0 bridgehead atoms. The molecule has 7 nitrogen and oxygen atoms in total. The van der Waals surface area contributed by atoms with Gasteiger partial charge in [-0.05, 0) is 12.5 Å². The number of benzene rings is 1. The van der Waals surface area contributed by atoms with E-state index in [1.807, 2.05) is 0 Å². The molecule has 1 atom stereocenters. The molecule has 0 saturated heterocycles. The molecule has 0 saturated carbocycles. The summed E-state index contributed by atoms with van der Waals surface area (Å²) < 4.78 is 25.2. The van der Waals surface area contributed by atoms with E-state index in [-0.39, 0.29) is 12.2 Å². The highest BCUT2D eigenvalue weighted by atomic mass is 32.2. The van der Waals surface area contributed by atoms with Gasteiger partial charge in [0.25, 0.3) is 5.69 Å². The highest BCUT2D eigenvalue weighted by Gasteiger charge is 2.19. The fraction of sp³-hybridized carbons (Fsp3) is 0.300. The normalized spacial score (nSPS) is 12.7. The van der Waals surface area contributed by atoms with Gasteiger partial charge < -0.3 is 0 Å². The molecule has 1 aromatic rings. The first kappa shape index (κ1) is 14.1. The lowest BCUT2D eigenvalue weighted by Gasteiger charge is -2.07. The van der Waals surface area contributed by atoms with Crippen LogP contribution in [0, 0.1) is 21.4 Å². The van der Waals surface area contributed by atoms with E-state index in [9.17, 15) is 18.5 Å². The zero-order valence-corrected chi connectivity index (χ0v) is 10.3. The summed E-state index contributed by atoms with van der Waals surface area (Å²) in [4.78, 5) is 9.88. The fourth-order valence-corrected chi connectivity index (χ4v) is 1.87. The molecular formula is C10H11N3O4S. The number of sulfonamides is 1. The van der Waals surface area contributed by atoms with E-state index < -0.39 is 20.2 Å². The smallest absolute Gasteiger partial charge is 0.258 e. The van der Waals surface area contributed by atoms with Gasteiger partial charge in [0, 0.05) is 18.7 Å². The lowest BCUT2D eigenvalue weighted by molar-refractivity contribution is -0.384. The Kier molecular flexibility index (Phi) is 4.36.